The highest BCUT2D eigenvalue weighted by atomic mass is 32.3. The highest BCUT2D eigenvalue weighted by Gasteiger charge is 2.36. The molecule has 7 nitrogen and oxygen atoms in total. The van der Waals surface area contributed by atoms with E-state index < -0.39 is 10.2 Å². The summed E-state index contributed by atoms with van der Waals surface area (Å²) in [6.07, 6.45) is 8.91. The van der Waals surface area contributed by atoms with Crippen LogP contribution in [0, 0.1) is 0 Å². The Morgan fingerprint density at radius 2 is 1.58 bits per heavy atom. The minimum atomic E-state index is -1.75. The summed E-state index contributed by atoms with van der Waals surface area (Å²) < 4.78 is 5.80. The highest BCUT2D eigenvalue weighted by Crippen LogP contribution is 2.60. The van der Waals surface area contributed by atoms with Gasteiger partial charge in [-0.15, -0.1) is 10.2 Å². The lowest BCUT2D eigenvalue weighted by Gasteiger charge is -2.49. The topological polar surface area (TPSA) is 47.7 Å². The van der Waals surface area contributed by atoms with Gasteiger partial charge in [-0.05, 0) is 67.3 Å². The molecule has 3 aromatic carbocycles. The molecule has 9 heteroatoms. The molecule has 0 unspecified atom stereocenters. The van der Waals surface area contributed by atoms with Crippen LogP contribution in [0.25, 0.3) is 22.7 Å². The van der Waals surface area contributed by atoms with Crippen molar-refractivity contribution in [2.75, 3.05) is 82.2 Å². The molecule has 0 radical (unpaired) electrons. The number of quaternary nitrogens is 1. The molecule has 0 saturated carbocycles. The summed E-state index contributed by atoms with van der Waals surface area (Å²) in [4.78, 5) is 31.4. The third-order valence-electron chi connectivity index (χ3n) is 9.89. The van der Waals surface area contributed by atoms with Gasteiger partial charge < -0.3 is 19.0 Å². The molecule has 0 bridgehead atoms. The number of rotatable bonds is 14. The Kier molecular flexibility index (Phi) is 11.4. The number of nitrogens with zero attached hydrogens (tertiary/aromatic N) is 5. The van der Waals surface area contributed by atoms with Crippen LogP contribution in [0.5, 0.6) is 0 Å². The van der Waals surface area contributed by atoms with Crippen LogP contribution in [-0.4, -0.2) is 93.8 Å². The maximum Gasteiger partial charge on any atom is 0.283 e. The van der Waals surface area contributed by atoms with E-state index in [1.165, 1.54) is 33.6 Å². The number of likely N-dealkylation sites (N-methyl/N-ethyl adjacent to an activating group) is 1. The largest absolute Gasteiger partial charge is 0.338 e. The summed E-state index contributed by atoms with van der Waals surface area (Å²) in [5.41, 5.74) is 4.68. The minimum Gasteiger partial charge on any atom is -0.338 e. The Balaban J connectivity index is 1.46. The zero-order valence-electron chi connectivity index (χ0n) is 30.4. The molecule has 4 aromatic rings. The Labute approximate surface area is 304 Å². The average molecular weight is 712 g/mol. The van der Waals surface area contributed by atoms with E-state index >= 15 is 0 Å². The maximum absolute atomic E-state index is 12.1. The van der Waals surface area contributed by atoms with Gasteiger partial charge in [-0.25, -0.2) is 0 Å². The maximum atomic E-state index is 12.1. The van der Waals surface area contributed by atoms with Crippen LogP contribution >= 0.6 is 22.0 Å². The fraction of sp³-hybridized carbons (Fsp3) is 0.390. The molecule has 50 heavy (non-hydrogen) atoms. The van der Waals surface area contributed by atoms with Gasteiger partial charge in [-0.2, -0.15) is 4.57 Å². The fourth-order valence-electron chi connectivity index (χ4n) is 7.26. The van der Waals surface area contributed by atoms with Gasteiger partial charge in [-0.1, -0.05) is 61.5 Å². The van der Waals surface area contributed by atoms with Crippen molar-refractivity contribution in [2.24, 2.45) is 0 Å². The summed E-state index contributed by atoms with van der Waals surface area (Å²) in [5, 5.41) is 2.36. The predicted molar refractivity (Wildman–Crippen MR) is 213 cm³/mol. The number of anilines is 2. The molecule has 1 aromatic heterocycles. The summed E-state index contributed by atoms with van der Waals surface area (Å²) >= 11 is 1.78. The summed E-state index contributed by atoms with van der Waals surface area (Å²) in [7, 11) is 7.18. The van der Waals surface area contributed by atoms with Crippen molar-refractivity contribution >= 4 is 63.0 Å². The van der Waals surface area contributed by atoms with Gasteiger partial charge in [0, 0.05) is 52.9 Å². The Morgan fingerprint density at radius 1 is 0.880 bits per heavy atom. The lowest BCUT2D eigenvalue weighted by Crippen LogP contribution is -2.47. The molecule has 1 fully saturated rings. The summed E-state index contributed by atoms with van der Waals surface area (Å²) in [6.45, 7) is 7.10. The molecular formula is C41H53N5O2S2+2. The Hall–Kier alpha value is -3.63. The zero-order valence-corrected chi connectivity index (χ0v) is 32.0. The van der Waals surface area contributed by atoms with Crippen molar-refractivity contribution in [1.29, 1.82) is 0 Å². The van der Waals surface area contributed by atoms with Gasteiger partial charge in [-0.3, -0.25) is 9.21 Å². The molecule has 0 atom stereocenters. The first kappa shape index (κ1) is 36.2. The first-order valence-corrected chi connectivity index (χ1v) is 20.7. The Morgan fingerprint density at radius 3 is 2.26 bits per heavy atom. The lowest BCUT2D eigenvalue weighted by atomic mass is 10.1. The second-order valence-corrected chi connectivity index (χ2v) is 18.8. The number of aldehydes is 2. The molecular weight excluding hydrogens is 659 g/mol. The van der Waals surface area contributed by atoms with E-state index in [9.17, 15) is 9.59 Å². The minimum absolute atomic E-state index is 0.399. The summed E-state index contributed by atoms with van der Waals surface area (Å²) in [5.74, 6) is 1.99. The number of carbonyl (C=O) groups is 2. The first-order chi connectivity index (χ1) is 24.2. The second kappa shape index (κ2) is 15.7. The van der Waals surface area contributed by atoms with Gasteiger partial charge in [0.05, 0.1) is 38.4 Å². The molecule has 2 aliphatic heterocycles. The average Bonchev–Trinajstić information content (AvgIpc) is 3.43. The number of thioether (sulfide) groups is 1. The third-order valence-corrected chi connectivity index (χ3v) is 14.9. The van der Waals surface area contributed by atoms with E-state index in [0.717, 1.165) is 90.3 Å². The smallest absolute Gasteiger partial charge is 0.283 e. The van der Waals surface area contributed by atoms with Gasteiger partial charge >= 0.3 is 0 Å². The van der Waals surface area contributed by atoms with E-state index in [0.29, 0.717) is 11.5 Å². The van der Waals surface area contributed by atoms with E-state index in [2.05, 4.69) is 139 Å². The third kappa shape index (κ3) is 7.52. The molecule has 1 saturated heterocycles. The van der Waals surface area contributed by atoms with E-state index in [1.54, 1.807) is 11.8 Å². The van der Waals surface area contributed by atoms with E-state index in [-0.39, 0.29) is 0 Å². The number of hydrogen-bond acceptors (Lipinski definition) is 6. The van der Waals surface area contributed by atoms with Crippen LogP contribution in [0.3, 0.4) is 0 Å². The number of hydrogen-bond donors (Lipinski definition) is 0. The number of aromatic nitrogens is 1. The Bertz CT molecular complexity index is 1840. The van der Waals surface area contributed by atoms with Gasteiger partial charge in [0.15, 0.2) is 0 Å². The molecule has 0 N–H and O–H groups in total. The van der Waals surface area contributed by atoms with Crippen molar-refractivity contribution in [3.8, 4) is 5.69 Å². The molecule has 2 aliphatic rings. The van der Waals surface area contributed by atoms with Crippen molar-refractivity contribution < 1.29 is 18.6 Å². The van der Waals surface area contributed by atoms with E-state index in [4.69, 9.17) is 0 Å². The first-order valence-electron chi connectivity index (χ1n) is 18.0. The number of para-hydroxylation sites is 2. The number of carbonyl (C=O) groups excluding carboxylic acids is 2. The van der Waals surface area contributed by atoms with Gasteiger partial charge in [0.25, 0.3) is 5.82 Å². The van der Waals surface area contributed by atoms with Crippen LogP contribution in [0.1, 0.15) is 38.2 Å². The monoisotopic (exact) mass is 711 g/mol. The number of benzene rings is 3. The van der Waals surface area contributed by atoms with Crippen LogP contribution < -0.4 is 14.4 Å². The normalized spacial score (nSPS) is 16.5. The van der Waals surface area contributed by atoms with Crippen LogP contribution in [0.2, 0.25) is 0 Å². The van der Waals surface area contributed by atoms with Crippen molar-refractivity contribution in [1.82, 2.24) is 4.31 Å². The van der Waals surface area contributed by atoms with Gasteiger partial charge in [0.2, 0.25) is 0 Å². The van der Waals surface area contributed by atoms with Crippen molar-refractivity contribution in [3.05, 3.63) is 89.5 Å². The van der Waals surface area contributed by atoms with Crippen molar-refractivity contribution in [2.45, 2.75) is 42.4 Å². The summed E-state index contributed by atoms with van der Waals surface area (Å²) in [6, 6.07) is 28.5. The molecule has 6 rings (SSSR count). The quantitative estimate of drug-likeness (QED) is 0.0766. The van der Waals surface area contributed by atoms with Crippen LogP contribution in [-0.2, 0) is 9.59 Å². The van der Waals surface area contributed by atoms with E-state index in [1.807, 2.05) is 0 Å². The van der Waals surface area contributed by atoms with Crippen LogP contribution in [0.4, 0.5) is 11.5 Å². The number of pyridine rings is 1. The fourth-order valence-corrected chi connectivity index (χ4v) is 11.8. The second-order valence-electron chi connectivity index (χ2n) is 14.4. The number of fused-ring (bicyclic) bond motifs is 2. The zero-order chi connectivity index (χ0) is 35.3. The highest BCUT2D eigenvalue weighted by molar-refractivity contribution is 8.32. The molecule has 0 aliphatic carbocycles. The lowest BCUT2D eigenvalue weighted by molar-refractivity contribution is -0.868. The van der Waals surface area contributed by atoms with Crippen LogP contribution in [0.15, 0.2) is 93.7 Å². The molecule has 3 heterocycles. The standard InChI is InChI=1S/C41H53N5O2S2/c1-6-21-43(24-25-46(3,4)5)40-30-33(36-17-11-12-18-37(36)45(40)34-15-9-7-10-16-34)31-41-42(2)38-20-19-35(32-39(38)49-41)50(28-26-47,29-27-48)44-22-13-8-14-23-44/h7,9-12,15-20,26-27,30-32H,6,8,13-14,21-25,28-29H2,1-5H3/q+2. The van der Waals surface area contributed by atoms with Gasteiger partial charge in [0.1, 0.15) is 36.9 Å². The molecule has 0 spiro atoms. The SMILES string of the molecule is CCCN(CC[N+](C)(C)C)c1cc(/C=C2\Sc3cc(S(CC=O)(CC=O)N4CCCCC4)ccc3N2C)c2ccccc2[n+]1-c1ccccc1. The molecule has 0 amide bonds. The predicted octanol–water partition coefficient (Wildman–Crippen LogP) is 7.54. The molecule has 264 valence electrons. The van der Waals surface area contributed by atoms with Crippen molar-refractivity contribution in [3.63, 3.8) is 0 Å². The number of piperidine rings is 1.